The Bertz CT molecular complexity index is 888. The molecule has 9 heteroatoms. The standard InChI is InChI=1S/C16H18Cl2N4O2S/c1-15(10-16(15,17)18)13(24)21-4-2-20(3-5-21)9-11-8-12(23)22-6-7-25-14(22)19-11/h6-8H,2-5,9-10H2,1H3. The molecule has 1 aliphatic carbocycles. The maximum absolute atomic E-state index is 12.6. The third-order valence-electron chi connectivity index (χ3n) is 5.13. The molecule has 1 unspecified atom stereocenters. The van der Waals surface area contributed by atoms with Crippen LogP contribution in [0.5, 0.6) is 0 Å². The summed E-state index contributed by atoms with van der Waals surface area (Å²) in [5, 5.41) is 1.85. The molecule has 2 aromatic rings. The number of halogens is 2. The number of hydrogen-bond donors (Lipinski definition) is 0. The lowest BCUT2D eigenvalue weighted by Crippen LogP contribution is -2.50. The quantitative estimate of drug-likeness (QED) is 0.739. The molecule has 1 saturated carbocycles. The van der Waals surface area contributed by atoms with Crippen LogP contribution in [0.3, 0.4) is 0 Å². The van der Waals surface area contributed by atoms with Gasteiger partial charge in [0.2, 0.25) is 5.91 Å². The van der Waals surface area contributed by atoms with Crippen LogP contribution in [0.15, 0.2) is 22.4 Å². The topological polar surface area (TPSA) is 57.9 Å². The Morgan fingerprint density at radius 1 is 1.32 bits per heavy atom. The molecular weight excluding hydrogens is 383 g/mol. The van der Waals surface area contributed by atoms with Gasteiger partial charge in [-0.15, -0.1) is 34.5 Å². The van der Waals surface area contributed by atoms with Crippen LogP contribution in [0.1, 0.15) is 19.0 Å². The number of hydrogen-bond acceptors (Lipinski definition) is 5. The Balaban J connectivity index is 1.39. The second kappa shape index (κ2) is 5.94. The number of aromatic nitrogens is 2. The van der Waals surface area contributed by atoms with Crippen molar-refractivity contribution in [3.63, 3.8) is 0 Å². The van der Waals surface area contributed by atoms with Crippen molar-refractivity contribution in [1.82, 2.24) is 19.2 Å². The monoisotopic (exact) mass is 400 g/mol. The summed E-state index contributed by atoms with van der Waals surface area (Å²) in [6, 6.07) is 1.58. The van der Waals surface area contributed by atoms with Crippen LogP contribution >= 0.6 is 34.5 Å². The van der Waals surface area contributed by atoms with Crippen LogP contribution in [-0.2, 0) is 11.3 Å². The number of carbonyl (C=O) groups is 1. The molecule has 6 nitrogen and oxygen atoms in total. The molecule has 0 radical (unpaired) electrons. The van der Waals surface area contributed by atoms with Gasteiger partial charge in [-0.25, -0.2) is 4.98 Å². The highest BCUT2D eigenvalue weighted by Gasteiger charge is 2.68. The second-order valence-corrected chi connectivity index (χ2v) is 9.28. The lowest BCUT2D eigenvalue weighted by Gasteiger charge is -2.36. The number of thiazole rings is 1. The van der Waals surface area contributed by atoms with E-state index in [0.29, 0.717) is 31.0 Å². The molecule has 0 N–H and O–H groups in total. The number of piperazine rings is 1. The van der Waals surface area contributed by atoms with Crippen LogP contribution in [0, 0.1) is 5.41 Å². The van der Waals surface area contributed by atoms with E-state index >= 15 is 0 Å². The van der Waals surface area contributed by atoms with Gasteiger partial charge < -0.3 is 4.90 Å². The first-order chi connectivity index (χ1) is 11.8. The predicted octanol–water partition coefficient (Wildman–Crippen LogP) is 1.98. The molecule has 0 spiro atoms. The lowest BCUT2D eigenvalue weighted by molar-refractivity contribution is -0.138. The molecule has 1 saturated heterocycles. The highest BCUT2D eigenvalue weighted by atomic mass is 35.5. The second-order valence-electron chi connectivity index (χ2n) is 6.92. The first kappa shape index (κ1) is 17.3. The minimum atomic E-state index is -0.927. The number of carbonyl (C=O) groups excluding carboxylic acids is 1. The smallest absolute Gasteiger partial charge is 0.258 e. The van der Waals surface area contributed by atoms with Gasteiger partial charge >= 0.3 is 0 Å². The fraction of sp³-hybridized carbons (Fsp3) is 0.562. The van der Waals surface area contributed by atoms with Crippen molar-refractivity contribution in [2.24, 2.45) is 5.41 Å². The summed E-state index contributed by atoms with van der Waals surface area (Å²) in [6.45, 7) is 5.19. The molecule has 1 atom stereocenters. The van der Waals surface area contributed by atoms with Crippen LogP contribution in [0.2, 0.25) is 0 Å². The van der Waals surface area contributed by atoms with Crippen LogP contribution in [0.4, 0.5) is 0 Å². The molecule has 4 rings (SSSR count). The number of rotatable bonds is 3. The normalized spacial score (nSPS) is 26.1. The summed E-state index contributed by atoms with van der Waals surface area (Å²) in [4.78, 5) is 34.0. The Kier molecular flexibility index (Phi) is 4.11. The van der Waals surface area contributed by atoms with Gasteiger partial charge in [-0.1, -0.05) is 0 Å². The molecule has 0 aromatic carbocycles. The van der Waals surface area contributed by atoms with E-state index < -0.39 is 9.75 Å². The zero-order chi connectivity index (χ0) is 17.8. The number of fused-ring (bicyclic) bond motifs is 1. The van der Waals surface area contributed by atoms with Crippen LogP contribution in [-0.4, -0.2) is 55.6 Å². The fourth-order valence-corrected chi connectivity index (χ4v) is 4.72. The van der Waals surface area contributed by atoms with Crippen molar-refractivity contribution in [2.45, 2.75) is 24.2 Å². The van der Waals surface area contributed by atoms with Crippen LogP contribution in [0.25, 0.3) is 4.96 Å². The van der Waals surface area contributed by atoms with Crippen molar-refractivity contribution in [1.29, 1.82) is 0 Å². The van der Waals surface area contributed by atoms with Crippen molar-refractivity contribution < 1.29 is 4.79 Å². The summed E-state index contributed by atoms with van der Waals surface area (Å²) in [6.07, 6.45) is 2.24. The Morgan fingerprint density at radius 3 is 2.64 bits per heavy atom. The van der Waals surface area contributed by atoms with Gasteiger partial charge in [0.25, 0.3) is 5.56 Å². The van der Waals surface area contributed by atoms with Crippen molar-refractivity contribution in [2.75, 3.05) is 26.2 Å². The van der Waals surface area contributed by atoms with E-state index in [1.54, 1.807) is 16.7 Å². The highest BCUT2D eigenvalue weighted by molar-refractivity contribution is 7.15. The van der Waals surface area contributed by atoms with E-state index in [9.17, 15) is 9.59 Å². The Hall–Kier alpha value is -1.15. The zero-order valence-corrected chi connectivity index (χ0v) is 16.1. The first-order valence-corrected chi connectivity index (χ1v) is 9.79. The lowest BCUT2D eigenvalue weighted by atomic mass is 10.1. The van der Waals surface area contributed by atoms with Gasteiger partial charge in [0.1, 0.15) is 4.33 Å². The fourth-order valence-electron chi connectivity index (χ4n) is 3.29. The largest absolute Gasteiger partial charge is 0.340 e. The molecule has 0 bridgehead atoms. The maximum atomic E-state index is 12.6. The van der Waals surface area contributed by atoms with E-state index in [1.807, 2.05) is 17.2 Å². The molecule has 1 amide bonds. The summed E-state index contributed by atoms with van der Waals surface area (Å²) < 4.78 is 0.620. The van der Waals surface area contributed by atoms with E-state index in [1.165, 1.54) is 11.3 Å². The number of nitrogens with zero attached hydrogens (tertiary/aromatic N) is 4. The van der Waals surface area contributed by atoms with E-state index in [0.717, 1.165) is 18.8 Å². The molecular formula is C16H18Cl2N4O2S. The SMILES string of the molecule is CC1(C(=O)N2CCN(Cc3cc(=O)n4ccsc4n3)CC2)CC1(Cl)Cl. The summed E-state index contributed by atoms with van der Waals surface area (Å²) in [5.74, 6) is 0.0357. The van der Waals surface area contributed by atoms with Gasteiger partial charge in [0, 0.05) is 50.4 Å². The van der Waals surface area contributed by atoms with Crippen molar-refractivity contribution in [3.8, 4) is 0 Å². The molecule has 1 aliphatic heterocycles. The van der Waals surface area contributed by atoms with E-state index in [2.05, 4.69) is 9.88 Å². The minimum absolute atomic E-state index is 0.0357. The maximum Gasteiger partial charge on any atom is 0.258 e. The average molecular weight is 401 g/mol. The van der Waals surface area contributed by atoms with Gasteiger partial charge in [0.15, 0.2) is 4.96 Å². The highest BCUT2D eigenvalue weighted by Crippen LogP contribution is 2.64. The van der Waals surface area contributed by atoms with Gasteiger partial charge in [-0.05, 0) is 13.3 Å². The molecule has 2 fully saturated rings. The molecule has 134 valence electrons. The summed E-state index contributed by atoms with van der Waals surface area (Å²) in [5.41, 5.74) is 0.0536. The van der Waals surface area contributed by atoms with Gasteiger partial charge in [0.05, 0.1) is 11.1 Å². The third-order valence-corrected chi connectivity index (χ3v) is 6.99. The van der Waals surface area contributed by atoms with Crippen molar-refractivity contribution in [3.05, 3.63) is 33.7 Å². The zero-order valence-electron chi connectivity index (χ0n) is 13.7. The number of alkyl halides is 2. The average Bonchev–Trinajstić information content (AvgIpc) is 2.90. The minimum Gasteiger partial charge on any atom is -0.340 e. The van der Waals surface area contributed by atoms with Crippen LogP contribution < -0.4 is 5.56 Å². The first-order valence-electron chi connectivity index (χ1n) is 8.15. The molecule has 2 aromatic heterocycles. The van der Waals surface area contributed by atoms with E-state index in [4.69, 9.17) is 23.2 Å². The summed E-state index contributed by atoms with van der Waals surface area (Å²) in [7, 11) is 0. The summed E-state index contributed by atoms with van der Waals surface area (Å²) >= 11 is 13.7. The molecule has 2 aliphatic rings. The Morgan fingerprint density at radius 2 is 2.00 bits per heavy atom. The van der Waals surface area contributed by atoms with Crippen molar-refractivity contribution >= 4 is 45.4 Å². The molecule has 25 heavy (non-hydrogen) atoms. The third kappa shape index (κ3) is 2.97. The Labute approximate surface area is 159 Å². The number of amides is 1. The predicted molar refractivity (Wildman–Crippen MR) is 98.4 cm³/mol. The van der Waals surface area contributed by atoms with Gasteiger partial charge in [-0.2, -0.15) is 0 Å². The van der Waals surface area contributed by atoms with E-state index in [-0.39, 0.29) is 11.5 Å². The van der Waals surface area contributed by atoms with Gasteiger partial charge in [-0.3, -0.25) is 18.9 Å². The molecule has 3 heterocycles.